The van der Waals surface area contributed by atoms with Gasteiger partial charge in [0.2, 0.25) is 0 Å². The van der Waals surface area contributed by atoms with Crippen molar-refractivity contribution >= 4 is 21.8 Å². The van der Waals surface area contributed by atoms with Crippen molar-refractivity contribution in [1.82, 2.24) is 5.32 Å². The summed E-state index contributed by atoms with van der Waals surface area (Å²) in [6.07, 6.45) is 4.47. The number of hydrogen-bond donors (Lipinski definition) is 1. The van der Waals surface area contributed by atoms with Crippen LogP contribution in [0.15, 0.2) is 22.7 Å². The lowest BCUT2D eigenvalue weighted by molar-refractivity contribution is 0.0905. The summed E-state index contributed by atoms with van der Waals surface area (Å²) in [4.78, 5) is 12.1. The normalized spacial score (nSPS) is 23.7. The van der Waals surface area contributed by atoms with Crippen molar-refractivity contribution in [2.45, 2.75) is 38.6 Å². The second kappa shape index (κ2) is 5.83. The number of amides is 1. The van der Waals surface area contributed by atoms with Gasteiger partial charge in [0.15, 0.2) is 0 Å². The number of nitrogens with one attached hydrogen (secondary N) is 1. The Hall–Kier alpha value is -0.900. The van der Waals surface area contributed by atoms with Gasteiger partial charge in [0.25, 0.3) is 5.91 Å². The highest BCUT2D eigenvalue weighted by molar-refractivity contribution is 9.10. The molecular weight excluding hydrogens is 297 g/mol. The number of benzene rings is 1. The molecule has 2 unspecified atom stereocenters. The van der Waals surface area contributed by atoms with Crippen LogP contribution in [-0.4, -0.2) is 11.9 Å². The number of hydrogen-bond acceptors (Lipinski definition) is 1. The van der Waals surface area contributed by atoms with Crippen LogP contribution in [0.1, 0.15) is 43.0 Å². The summed E-state index contributed by atoms with van der Waals surface area (Å²) >= 11 is 3.23. The molecule has 98 valence electrons. The highest BCUT2D eigenvalue weighted by atomic mass is 79.9. The van der Waals surface area contributed by atoms with E-state index >= 15 is 0 Å². The van der Waals surface area contributed by atoms with Gasteiger partial charge in [-0.25, -0.2) is 4.39 Å². The fourth-order valence-corrected chi connectivity index (χ4v) is 3.01. The summed E-state index contributed by atoms with van der Waals surface area (Å²) in [6, 6.07) is 4.74. The fourth-order valence-electron chi connectivity index (χ4n) is 2.49. The molecule has 4 heteroatoms. The molecule has 2 atom stereocenters. The first-order valence-corrected chi connectivity index (χ1v) is 7.13. The lowest BCUT2D eigenvalue weighted by Gasteiger charge is -2.29. The van der Waals surface area contributed by atoms with Crippen molar-refractivity contribution in [3.63, 3.8) is 0 Å². The zero-order valence-corrected chi connectivity index (χ0v) is 12.0. The van der Waals surface area contributed by atoms with Gasteiger partial charge in [0.1, 0.15) is 5.82 Å². The van der Waals surface area contributed by atoms with Gasteiger partial charge < -0.3 is 5.32 Å². The number of carbonyl (C=O) groups excluding carboxylic acids is 1. The Balaban J connectivity index is 2.12. The third-order valence-electron chi connectivity index (χ3n) is 3.62. The molecule has 0 bridgehead atoms. The smallest absolute Gasteiger partial charge is 0.255 e. The molecule has 0 aromatic heterocycles. The number of rotatable bonds is 2. The first kappa shape index (κ1) is 13.5. The summed E-state index contributed by atoms with van der Waals surface area (Å²) in [7, 11) is 0. The second-order valence-corrected chi connectivity index (χ2v) is 5.79. The van der Waals surface area contributed by atoms with Crippen LogP contribution in [0.5, 0.6) is 0 Å². The first-order valence-electron chi connectivity index (χ1n) is 6.34. The Morgan fingerprint density at radius 2 is 2.11 bits per heavy atom. The van der Waals surface area contributed by atoms with Gasteiger partial charge in [-0.05, 0) is 46.8 Å². The zero-order valence-electron chi connectivity index (χ0n) is 10.4. The van der Waals surface area contributed by atoms with Crippen molar-refractivity contribution in [2.24, 2.45) is 5.92 Å². The molecular formula is C14H17BrFNO. The molecule has 1 aromatic rings. The van der Waals surface area contributed by atoms with Gasteiger partial charge in [-0.1, -0.05) is 25.8 Å². The molecule has 18 heavy (non-hydrogen) atoms. The standard InChI is InChI=1S/C14H17BrFNO/c1-9-5-2-3-8-12(9)17-14(18)13-10(15)6-4-7-11(13)16/h4,6-7,9,12H,2-3,5,8H2,1H3,(H,17,18). The van der Waals surface area contributed by atoms with Crippen LogP contribution in [0.2, 0.25) is 0 Å². The molecule has 2 rings (SSSR count). The van der Waals surface area contributed by atoms with Crippen molar-refractivity contribution in [1.29, 1.82) is 0 Å². The van der Waals surface area contributed by atoms with Crippen LogP contribution in [0.4, 0.5) is 4.39 Å². The second-order valence-electron chi connectivity index (χ2n) is 4.94. The van der Waals surface area contributed by atoms with Gasteiger partial charge in [-0.15, -0.1) is 0 Å². The van der Waals surface area contributed by atoms with Crippen molar-refractivity contribution in [3.05, 3.63) is 34.1 Å². The van der Waals surface area contributed by atoms with Gasteiger partial charge in [0, 0.05) is 10.5 Å². The number of carbonyl (C=O) groups is 1. The van der Waals surface area contributed by atoms with Crippen LogP contribution in [0.3, 0.4) is 0 Å². The van der Waals surface area contributed by atoms with Gasteiger partial charge >= 0.3 is 0 Å². The van der Waals surface area contributed by atoms with Crippen LogP contribution in [0.25, 0.3) is 0 Å². The van der Waals surface area contributed by atoms with Crippen LogP contribution >= 0.6 is 15.9 Å². The number of halogens is 2. The van der Waals surface area contributed by atoms with Crippen LogP contribution in [-0.2, 0) is 0 Å². The molecule has 1 N–H and O–H groups in total. The minimum Gasteiger partial charge on any atom is -0.349 e. The lowest BCUT2D eigenvalue weighted by atomic mass is 9.86. The third-order valence-corrected chi connectivity index (χ3v) is 4.28. The van der Waals surface area contributed by atoms with E-state index in [1.807, 2.05) is 0 Å². The highest BCUT2D eigenvalue weighted by Gasteiger charge is 2.25. The van der Waals surface area contributed by atoms with Gasteiger partial charge in [-0.3, -0.25) is 4.79 Å². The molecule has 0 heterocycles. The third kappa shape index (κ3) is 2.91. The van der Waals surface area contributed by atoms with Crippen LogP contribution in [0, 0.1) is 11.7 Å². The van der Waals surface area contributed by atoms with Crippen LogP contribution < -0.4 is 5.32 Å². The fraction of sp³-hybridized carbons (Fsp3) is 0.500. The van der Waals surface area contributed by atoms with E-state index in [2.05, 4.69) is 28.2 Å². The quantitative estimate of drug-likeness (QED) is 0.881. The van der Waals surface area contributed by atoms with E-state index in [9.17, 15) is 9.18 Å². The lowest BCUT2D eigenvalue weighted by Crippen LogP contribution is -2.41. The van der Waals surface area contributed by atoms with E-state index < -0.39 is 5.82 Å². The molecule has 2 nitrogen and oxygen atoms in total. The van der Waals surface area contributed by atoms with E-state index in [0.29, 0.717) is 10.4 Å². The van der Waals surface area contributed by atoms with E-state index in [4.69, 9.17) is 0 Å². The predicted octanol–water partition coefficient (Wildman–Crippen LogP) is 3.90. The van der Waals surface area contributed by atoms with E-state index in [0.717, 1.165) is 19.3 Å². The minimum absolute atomic E-state index is 0.107. The summed E-state index contributed by atoms with van der Waals surface area (Å²) < 4.78 is 14.2. The Kier molecular flexibility index (Phi) is 4.38. The summed E-state index contributed by atoms with van der Waals surface area (Å²) in [5.74, 6) is -0.336. The van der Waals surface area contributed by atoms with Crippen molar-refractivity contribution in [2.75, 3.05) is 0 Å². The molecule has 1 amide bonds. The Morgan fingerprint density at radius 1 is 1.39 bits per heavy atom. The summed E-state index contributed by atoms with van der Waals surface area (Å²) in [5, 5.41) is 2.96. The van der Waals surface area contributed by atoms with Gasteiger partial charge in [0.05, 0.1) is 5.56 Å². The van der Waals surface area contributed by atoms with E-state index in [1.54, 1.807) is 12.1 Å². The largest absolute Gasteiger partial charge is 0.349 e. The molecule has 0 spiro atoms. The van der Waals surface area contributed by atoms with Gasteiger partial charge in [-0.2, -0.15) is 0 Å². The monoisotopic (exact) mass is 313 g/mol. The molecule has 1 aliphatic carbocycles. The van der Waals surface area contributed by atoms with Crippen molar-refractivity contribution in [3.8, 4) is 0 Å². The highest BCUT2D eigenvalue weighted by Crippen LogP contribution is 2.25. The average Bonchev–Trinajstić information content (AvgIpc) is 2.32. The maximum absolute atomic E-state index is 13.7. The zero-order chi connectivity index (χ0) is 13.1. The predicted molar refractivity (Wildman–Crippen MR) is 73.0 cm³/mol. The molecule has 1 aliphatic rings. The molecule has 1 saturated carbocycles. The Bertz CT molecular complexity index is 429. The molecule has 0 saturated heterocycles. The minimum atomic E-state index is -0.481. The maximum atomic E-state index is 13.7. The average molecular weight is 314 g/mol. The molecule has 1 fully saturated rings. The first-order chi connectivity index (χ1) is 8.59. The van der Waals surface area contributed by atoms with E-state index in [1.165, 1.54) is 12.5 Å². The van der Waals surface area contributed by atoms with E-state index in [-0.39, 0.29) is 17.5 Å². The Labute approximate surface area is 115 Å². The molecule has 0 aliphatic heterocycles. The summed E-state index contributed by atoms with van der Waals surface area (Å²) in [6.45, 7) is 2.14. The molecule has 1 aromatic carbocycles. The maximum Gasteiger partial charge on any atom is 0.255 e. The summed E-state index contributed by atoms with van der Waals surface area (Å²) in [5.41, 5.74) is 0.107. The Morgan fingerprint density at radius 3 is 2.78 bits per heavy atom. The molecule has 0 radical (unpaired) electrons. The topological polar surface area (TPSA) is 29.1 Å². The van der Waals surface area contributed by atoms with Crippen molar-refractivity contribution < 1.29 is 9.18 Å². The SMILES string of the molecule is CC1CCCCC1NC(=O)c1c(F)cccc1Br.